The second-order valence-corrected chi connectivity index (χ2v) is 5.40. The fraction of sp³-hybridized carbons (Fsp3) is 0.412. The first-order chi connectivity index (χ1) is 10.6. The molecule has 0 aliphatic heterocycles. The van der Waals surface area contributed by atoms with Gasteiger partial charge in [-0.05, 0) is 25.5 Å². The molecule has 5 heteroatoms. The number of unbranched alkanes of at least 4 members (excludes halogenated alkanes) is 1. The van der Waals surface area contributed by atoms with Crippen LogP contribution in [0.2, 0.25) is 0 Å². The molecule has 1 aromatic carbocycles. The van der Waals surface area contributed by atoms with Crippen LogP contribution in [0, 0.1) is 6.92 Å². The smallest absolute Gasteiger partial charge is 0.266 e. The molecular formula is C17H23N3O2. The maximum atomic E-state index is 11.8. The van der Waals surface area contributed by atoms with Crippen LogP contribution in [0.25, 0.3) is 0 Å². The van der Waals surface area contributed by atoms with Crippen molar-refractivity contribution in [3.05, 3.63) is 57.5 Å². The summed E-state index contributed by atoms with van der Waals surface area (Å²) in [6.07, 6.45) is 1.93. The van der Waals surface area contributed by atoms with E-state index in [4.69, 9.17) is 10.5 Å². The summed E-state index contributed by atoms with van der Waals surface area (Å²) in [5, 5.41) is 4.41. The Labute approximate surface area is 130 Å². The lowest BCUT2D eigenvalue weighted by atomic mass is 10.0. The summed E-state index contributed by atoms with van der Waals surface area (Å²) in [6, 6.07) is 8.66. The van der Waals surface area contributed by atoms with Gasteiger partial charge in [-0.1, -0.05) is 31.0 Å². The van der Waals surface area contributed by atoms with Gasteiger partial charge < -0.3 is 10.5 Å². The van der Waals surface area contributed by atoms with E-state index in [9.17, 15) is 4.79 Å². The molecule has 0 fully saturated rings. The molecule has 0 aliphatic rings. The van der Waals surface area contributed by atoms with Crippen molar-refractivity contribution >= 4 is 0 Å². The van der Waals surface area contributed by atoms with Gasteiger partial charge in [0.1, 0.15) is 5.75 Å². The highest BCUT2D eigenvalue weighted by Gasteiger charge is 2.16. The number of hydrogen-bond acceptors (Lipinski definition) is 4. The Hall–Kier alpha value is -2.14. The Morgan fingerprint density at radius 3 is 2.77 bits per heavy atom. The molecule has 0 aliphatic carbocycles. The molecule has 0 amide bonds. The first-order valence-corrected chi connectivity index (χ1v) is 7.55. The fourth-order valence-electron chi connectivity index (χ4n) is 2.35. The van der Waals surface area contributed by atoms with Gasteiger partial charge in [0.05, 0.1) is 18.8 Å². The number of nitrogens with zero attached hydrogens (tertiary/aromatic N) is 2. The van der Waals surface area contributed by atoms with Gasteiger partial charge in [-0.3, -0.25) is 4.79 Å². The van der Waals surface area contributed by atoms with Gasteiger partial charge in [-0.2, -0.15) is 5.10 Å². The molecule has 0 spiro atoms. The zero-order valence-corrected chi connectivity index (χ0v) is 13.4. The molecular weight excluding hydrogens is 278 g/mol. The third-order valence-electron chi connectivity index (χ3n) is 3.65. The van der Waals surface area contributed by atoms with Gasteiger partial charge in [0.15, 0.2) is 0 Å². The summed E-state index contributed by atoms with van der Waals surface area (Å²) in [4.78, 5) is 11.8. The molecule has 118 valence electrons. The highest BCUT2D eigenvalue weighted by molar-refractivity contribution is 5.42. The lowest BCUT2D eigenvalue weighted by molar-refractivity contribution is 0.407. The number of hydrogen-bond donors (Lipinski definition) is 1. The first-order valence-electron chi connectivity index (χ1n) is 7.55. The van der Waals surface area contributed by atoms with E-state index in [1.54, 1.807) is 13.2 Å². The quantitative estimate of drug-likeness (QED) is 0.889. The van der Waals surface area contributed by atoms with Crippen LogP contribution >= 0.6 is 0 Å². The van der Waals surface area contributed by atoms with Crippen molar-refractivity contribution in [1.29, 1.82) is 0 Å². The minimum absolute atomic E-state index is 0.0967. The molecule has 0 saturated carbocycles. The summed E-state index contributed by atoms with van der Waals surface area (Å²) in [7, 11) is 1.62. The Morgan fingerprint density at radius 1 is 1.32 bits per heavy atom. The van der Waals surface area contributed by atoms with E-state index in [1.165, 1.54) is 10.7 Å². The zero-order chi connectivity index (χ0) is 16.1. The monoisotopic (exact) mass is 301 g/mol. The number of nitrogens with two attached hydrogens (primary N) is 1. The molecule has 1 atom stereocenters. The maximum Gasteiger partial charge on any atom is 0.266 e. The van der Waals surface area contributed by atoms with Crippen LogP contribution in [-0.4, -0.2) is 16.9 Å². The van der Waals surface area contributed by atoms with E-state index >= 15 is 0 Å². The Morgan fingerprint density at radius 2 is 2.09 bits per heavy atom. The van der Waals surface area contributed by atoms with Crippen molar-refractivity contribution in [2.75, 3.05) is 7.11 Å². The van der Waals surface area contributed by atoms with E-state index in [0.29, 0.717) is 12.2 Å². The van der Waals surface area contributed by atoms with Crippen molar-refractivity contribution in [3.8, 4) is 5.75 Å². The summed E-state index contributed by atoms with van der Waals surface area (Å²) in [5.74, 6) is 0.728. The number of aryl methyl sites for hydroxylation is 2. The number of ether oxygens (including phenoxy) is 1. The van der Waals surface area contributed by atoms with Gasteiger partial charge in [0.25, 0.3) is 5.56 Å². The lowest BCUT2D eigenvalue weighted by Gasteiger charge is -2.17. The van der Waals surface area contributed by atoms with Crippen LogP contribution < -0.4 is 16.0 Å². The fourth-order valence-corrected chi connectivity index (χ4v) is 2.35. The van der Waals surface area contributed by atoms with Crippen LogP contribution in [0.15, 0.2) is 35.1 Å². The number of rotatable bonds is 6. The van der Waals surface area contributed by atoms with Crippen LogP contribution in [0.3, 0.4) is 0 Å². The van der Waals surface area contributed by atoms with E-state index in [0.717, 1.165) is 29.7 Å². The molecule has 2 rings (SSSR count). The molecule has 2 aromatic rings. The predicted molar refractivity (Wildman–Crippen MR) is 87.2 cm³/mol. The molecule has 5 nitrogen and oxygen atoms in total. The van der Waals surface area contributed by atoms with Gasteiger partial charge >= 0.3 is 0 Å². The van der Waals surface area contributed by atoms with Crippen LogP contribution in [0.5, 0.6) is 5.75 Å². The second-order valence-electron chi connectivity index (χ2n) is 5.40. The van der Waals surface area contributed by atoms with Crippen LogP contribution in [-0.2, 0) is 6.54 Å². The molecule has 1 aromatic heterocycles. The van der Waals surface area contributed by atoms with Gasteiger partial charge in [0, 0.05) is 18.2 Å². The zero-order valence-electron chi connectivity index (χ0n) is 13.4. The largest absolute Gasteiger partial charge is 0.496 e. The average molecular weight is 301 g/mol. The summed E-state index contributed by atoms with van der Waals surface area (Å²) in [6.45, 7) is 4.70. The standard InChI is InChI=1S/C17H23N3O2/c1-4-5-10-20-16(21)9-7-14(19-20)17(18)13-11-12(2)6-8-15(13)22-3/h6-9,11,17H,4-5,10,18H2,1-3H3. The van der Waals surface area contributed by atoms with E-state index < -0.39 is 6.04 Å². The second kappa shape index (κ2) is 7.22. The normalized spacial score (nSPS) is 12.2. The number of benzene rings is 1. The minimum atomic E-state index is -0.427. The van der Waals surface area contributed by atoms with E-state index in [1.807, 2.05) is 25.1 Å². The SMILES string of the molecule is CCCCn1nc(C(N)c2cc(C)ccc2OC)ccc1=O. The summed E-state index contributed by atoms with van der Waals surface area (Å²) < 4.78 is 6.87. The lowest BCUT2D eigenvalue weighted by Crippen LogP contribution is -2.26. The first kappa shape index (κ1) is 16.2. The predicted octanol–water partition coefficient (Wildman–Crippen LogP) is 2.41. The Kier molecular flexibility index (Phi) is 5.33. The van der Waals surface area contributed by atoms with Crippen LogP contribution in [0.1, 0.15) is 42.6 Å². The van der Waals surface area contributed by atoms with E-state index in [2.05, 4.69) is 12.0 Å². The van der Waals surface area contributed by atoms with Crippen molar-refractivity contribution in [2.45, 2.75) is 39.3 Å². The summed E-state index contributed by atoms with van der Waals surface area (Å²) >= 11 is 0. The minimum Gasteiger partial charge on any atom is -0.496 e. The van der Waals surface area contributed by atoms with Crippen molar-refractivity contribution in [2.24, 2.45) is 5.73 Å². The molecule has 0 saturated heterocycles. The highest BCUT2D eigenvalue weighted by atomic mass is 16.5. The van der Waals surface area contributed by atoms with Crippen molar-refractivity contribution in [1.82, 2.24) is 9.78 Å². The van der Waals surface area contributed by atoms with Crippen molar-refractivity contribution < 1.29 is 4.74 Å². The molecule has 22 heavy (non-hydrogen) atoms. The van der Waals surface area contributed by atoms with Gasteiger partial charge in [0.2, 0.25) is 0 Å². The molecule has 1 heterocycles. The van der Waals surface area contributed by atoms with Crippen molar-refractivity contribution in [3.63, 3.8) is 0 Å². The molecule has 2 N–H and O–H groups in total. The molecule has 0 radical (unpaired) electrons. The highest BCUT2D eigenvalue weighted by Crippen LogP contribution is 2.28. The van der Waals surface area contributed by atoms with Crippen LogP contribution in [0.4, 0.5) is 0 Å². The number of aromatic nitrogens is 2. The average Bonchev–Trinajstić information content (AvgIpc) is 2.53. The molecule has 1 unspecified atom stereocenters. The third-order valence-corrected chi connectivity index (χ3v) is 3.65. The van der Waals surface area contributed by atoms with E-state index in [-0.39, 0.29) is 5.56 Å². The van der Waals surface area contributed by atoms with Gasteiger partial charge in [-0.15, -0.1) is 0 Å². The van der Waals surface area contributed by atoms with Gasteiger partial charge in [-0.25, -0.2) is 4.68 Å². The summed E-state index contributed by atoms with van der Waals surface area (Å²) in [5.41, 5.74) is 8.89. The third kappa shape index (κ3) is 3.54. The maximum absolute atomic E-state index is 11.8. The Bertz CT molecular complexity index is 695. The Balaban J connectivity index is 2.39. The molecule has 0 bridgehead atoms. The topological polar surface area (TPSA) is 70.1 Å². The number of methoxy groups -OCH3 is 1.